The first kappa shape index (κ1) is 15.1. The van der Waals surface area contributed by atoms with E-state index >= 15 is 0 Å². The van der Waals surface area contributed by atoms with Crippen LogP contribution in [0.25, 0.3) is 10.9 Å². The van der Waals surface area contributed by atoms with Gasteiger partial charge in [-0.1, -0.05) is 18.2 Å². The number of aromatic nitrogens is 1. The molecule has 0 aliphatic carbocycles. The number of aliphatic hydroxyl groups is 1. The second-order valence-electron chi connectivity index (χ2n) is 4.92. The van der Waals surface area contributed by atoms with Crippen LogP contribution in [0.4, 0.5) is 0 Å². The van der Waals surface area contributed by atoms with Gasteiger partial charge in [-0.05, 0) is 25.0 Å². The minimum atomic E-state index is -0.727. The van der Waals surface area contributed by atoms with Gasteiger partial charge in [0.2, 0.25) is 0 Å². The van der Waals surface area contributed by atoms with Crippen LogP contribution in [0.2, 0.25) is 0 Å². The summed E-state index contributed by atoms with van der Waals surface area (Å²) in [7, 11) is 0. The van der Waals surface area contributed by atoms with Gasteiger partial charge in [0.05, 0.1) is 6.10 Å². The molecule has 0 bridgehead atoms. The molecular weight excluding hydrogens is 270 g/mol. The van der Waals surface area contributed by atoms with E-state index in [9.17, 15) is 9.59 Å². The lowest BCUT2D eigenvalue weighted by molar-refractivity contribution is -0.139. The number of para-hydroxylation sites is 1. The Morgan fingerprint density at radius 3 is 2.71 bits per heavy atom. The molecule has 112 valence electrons. The summed E-state index contributed by atoms with van der Waals surface area (Å²) in [6.45, 7) is 1.98. The predicted octanol–water partition coefficient (Wildman–Crippen LogP) is 0.324. The zero-order valence-corrected chi connectivity index (χ0v) is 11.8. The summed E-state index contributed by atoms with van der Waals surface area (Å²) in [4.78, 5) is 26.1. The maximum absolute atomic E-state index is 11.5. The third kappa shape index (κ3) is 4.06. The highest BCUT2D eigenvalue weighted by Gasteiger charge is 2.13. The molecule has 1 aromatic heterocycles. The van der Waals surface area contributed by atoms with E-state index in [1.807, 2.05) is 30.5 Å². The van der Waals surface area contributed by atoms with E-state index < -0.39 is 17.9 Å². The Balaban J connectivity index is 1.81. The number of aliphatic hydroxyl groups excluding tert-OH is 1. The molecule has 21 heavy (non-hydrogen) atoms. The number of benzene rings is 1. The molecule has 1 heterocycles. The number of carbonyl (C=O) groups is 2. The number of fused-ring (bicyclic) bond motifs is 1. The van der Waals surface area contributed by atoms with Gasteiger partial charge in [-0.3, -0.25) is 9.59 Å². The van der Waals surface area contributed by atoms with Crippen LogP contribution in [0.15, 0.2) is 30.5 Å². The van der Waals surface area contributed by atoms with Crippen molar-refractivity contribution < 1.29 is 14.7 Å². The number of amides is 2. The summed E-state index contributed by atoms with van der Waals surface area (Å²) in [5.74, 6) is -1.41. The molecule has 2 amide bonds. The lowest BCUT2D eigenvalue weighted by Crippen LogP contribution is -2.42. The molecule has 0 aliphatic rings. The smallest absolute Gasteiger partial charge is 0.309 e. The highest BCUT2D eigenvalue weighted by Crippen LogP contribution is 2.17. The van der Waals surface area contributed by atoms with E-state index in [-0.39, 0.29) is 6.54 Å². The summed E-state index contributed by atoms with van der Waals surface area (Å²) in [6, 6.07) is 7.91. The number of nitrogens with one attached hydrogen (secondary N) is 3. The Morgan fingerprint density at radius 1 is 1.24 bits per heavy atom. The Labute approximate surface area is 122 Å². The van der Waals surface area contributed by atoms with Crippen LogP contribution in [0.1, 0.15) is 12.5 Å². The Kier molecular flexibility index (Phi) is 4.94. The van der Waals surface area contributed by atoms with Gasteiger partial charge in [0.25, 0.3) is 0 Å². The van der Waals surface area contributed by atoms with Crippen molar-refractivity contribution in [2.45, 2.75) is 19.4 Å². The molecule has 1 atom stereocenters. The predicted molar refractivity (Wildman–Crippen MR) is 79.7 cm³/mol. The second-order valence-corrected chi connectivity index (χ2v) is 4.92. The normalized spacial score (nSPS) is 12.1. The monoisotopic (exact) mass is 289 g/mol. The van der Waals surface area contributed by atoms with Crippen molar-refractivity contribution in [2.75, 3.05) is 13.1 Å². The van der Waals surface area contributed by atoms with Crippen molar-refractivity contribution in [3.8, 4) is 0 Å². The number of carbonyl (C=O) groups excluding carboxylic acids is 2. The molecule has 2 rings (SSSR count). The van der Waals surface area contributed by atoms with E-state index in [0.717, 1.165) is 16.5 Å². The van der Waals surface area contributed by atoms with Crippen molar-refractivity contribution in [3.05, 3.63) is 36.0 Å². The van der Waals surface area contributed by atoms with Crippen LogP contribution in [0.5, 0.6) is 0 Å². The van der Waals surface area contributed by atoms with Gasteiger partial charge in [-0.15, -0.1) is 0 Å². The summed E-state index contributed by atoms with van der Waals surface area (Å²) in [5, 5.41) is 15.1. The Morgan fingerprint density at radius 2 is 1.95 bits per heavy atom. The molecule has 0 radical (unpaired) electrons. The summed E-state index contributed by atoms with van der Waals surface area (Å²) in [6.07, 6.45) is 1.87. The lowest BCUT2D eigenvalue weighted by atomic mass is 10.1. The molecule has 0 aliphatic heterocycles. The molecule has 1 aromatic carbocycles. The van der Waals surface area contributed by atoms with Crippen LogP contribution in [-0.2, 0) is 16.0 Å². The average molecular weight is 289 g/mol. The van der Waals surface area contributed by atoms with Gasteiger partial charge in [0.15, 0.2) is 0 Å². The minimum absolute atomic E-state index is 0.0642. The fourth-order valence-electron chi connectivity index (χ4n) is 2.05. The lowest BCUT2D eigenvalue weighted by Gasteiger charge is -2.07. The van der Waals surface area contributed by atoms with Crippen LogP contribution < -0.4 is 10.6 Å². The number of hydrogen-bond acceptors (Lipinski definition) is 3. The molecule has 6 heteroatoms. The first-order chi connectivity index (χ1) is 10.1. The SMILES string of the molecule is CC(O)CNC(=O)C(=O)NCCc1c[nH]c2ccccc12. The average Bonchev–Trinajstić information content (AvgIpc) is 2.88. The number of hydrogen-bond donors (Lipinski definition) is 4. The highest BCUT2D eigenvalue weighted by molar-refractivity contribution is 6.35. The maximum atomic E-state index is 11.5. The third-order valence-corrected chi connectivity index (χ3v) is 3.12. The van der Waals surface area contributed by atoms with Crippen LogP contribution in [0, 0.1) is 0 Å². The molecule has 0 fully saturated rings. The first-order valence-corrected chi connectivity index (χ1v) is 6.87. The molecule has 0 saturated carbocycles. The van der Waals surface area contributed by atoms with Crippen molar-refractivity contribution in [2.24, 2.45) is 0 Å². The van der Waals surface area contributed by atoms with E-state index in [1.165, 1.54) is 6.92 Å². The standard InChI is InChI=1S/C15H19N3O3/c1-10(19)8-18-15(21)14(20)16-7-6-11-9-17-13-5-3-2-4-12(11)13/h2-5,9-10,17,19H,6-8H2,1H3,(H,16,20)(H,18,21). The topological polar surface area (TPSA) is 94.2 Å². The van der Waals surface area contributed by atoms with Crippen LogP contribution in [0.3, 0.4) is 0 Å². The number of rotatable bonds is 5. The molecule has 1 unspecified atom stereocenters. The largest absolute Gasteiger partial charge is 0.392 e. The number of H-pyrrole nitrogens is 1. The summed E-state index contributed by atoms with van der Waals surface area (Å²) >= 11 is 0. The molecular formula is C15H19N3O3. The van der Waals surface area contributed by atoms with Crippen molar-refractivity contribution in [1.29, 1.82) is 0 Å². The second kappa shape index (κ2) is 6.90. The van der Waals surface area contributed by atoms with E-state index in [4.69, 9.17) is 5.11 Å². The van der Waals surface area contributed by atoms with Gasteiger partial charge in [0.1, 0.15) is 0 Å². The zero-order valence-electron chi connectivity index (χ0n) is 11.8. The fraction of sp³-hybridized carbons (Fsp3) is 0.333. The maximum Gasteiger partial charge on any atom is 0.309 e. The van der Waals surface area contributed by atoms with Crippen molar-refractivity contribution in [1.82, 2.24) is 15.6 Å². The van der Waals surface area contributed by atoms with Crippen LogP contribution in [-0.4, -0.2) is 41.1 Å². The molecule has 6 nitrogen and oxygen atoms in total. The highest BCUT2D eigenvalue weighted by atomic mass is 16.3. The Hall–Kier alpha value is -2.34. The summed E-state index contributed by atoms with van der Waals surface area (Å²) < 4.78 is 0. The molecule has 4 N–H and O–H groups in total. The molecule has 0 saturated heterocycles. The zero-order chi connectivity index (χ0) is 15.2. The summed E-state index contributed by atoms with van der Waals surface area (Å²) in [5.41, 5.74) is 2.14. The van der Waals surface area contributed by atoms with Gasteiger partial charge >= 0.3 is 11.8 Å². The van der Waals surface area contributed by atoms with Gasteiger partial charge in [-0.2, -0.15) is 0 Å². The minimum Gasteiger partial charge on any atom is -0.392 e. The van der Waals surface area contributed by atoms with Gasteiger partial charge in [0, 0.05) is 30.2 Å². The third-order valence-electron chi connectivity index (χ3n) is 3.12. The van der Waals surface area contributed by atoms with Crippen molar-refractivity contribution in [3.63, 3.8) is 0 Å². The number of aromatic amines is 1. The van der Waals surface area contributed by atoms with E-state index in [2.05, 4.69) is 15.6 Å². The van der Waals surface area contributed by atoms with E-state index in [1.54, 1.807) is 0 Å². The van der Waals surface area contributed by atoms with Gasteiger partial charge < -0.3 is 20.7 Å². The molecule has 0 spiro atoms. The fourth-order valence-corrected chi connectivity index (χ4v) is 2.05. The first-order valence-electron chi connectivity index (χ1n) is 6.87. The van der Waals surface area contributed by atoms with Crippen molar-refractivity contribution >= 4 is 22.7 Å². The Bertz CT molecular complexity index is 634. The van der Waals surface area contributed by atoms with Gasteiger partial charge in [-0.25, -0.2) is 0 Å². The van der Waals surface area contributed by atoms with E-state index in [0.29, 0.717) is 13.0 Å². The molecule has 2 aromatic rings. The van der Waals surface area contributed by atoms with Crippen LogP contribution >= 0.6 is 0 Å². The quantitative estimate of drug-likeness (QED) is 0.597.